The fourth-order valence-electron chi connectivity index (χ4n) is 1.82. The van der Waals surface area contributed by atoms with E-state index >= 15 is 0 Å². The minimum absolute atomic E-state index is 0.0146. The molecule has 1 rings (SSSR count). The van der Waals surface area contributed by atoms with Crippen LogP contribution in [-0.4, -0.2) is 41.7 Å². The molecule has 0 unspecified atom stereocenters. The van der Waals surface area contributed by atoms with E-state index in [2.05, 4.69) is 0 Å². The lowest BCUT2D eigenvalue weighted by Crippen LogP contribution is -2.42. The Bertz CT molecular complexity index is 448. The van der Waals surface area contributed by atoms with Gasteiger partial charge in [0, 0.05) is 11.8 Å². The van der Waals surface area contributed by atoms with Crippen LogP contribution in [-0.2, 0) is 20.1 Å². The van der Waals surface area contributed by atoms with Crippen molar-refractivity contribution >= 4 is 23.6 Å². The van der Waals surface area contributed by atoms with Gasteiger partial charge in [-0.1, -0.05) is 30.3 Å². The zero-order valence-electron chi connectivity index (χ0n) is 12.9. The Balaban J connectivity index is 2.44. The summed E-state index contributed by atoms with van der Waals surface area (Å²) in [6, 6.07) is 10.0. The standard InChI is InChI=1S/C16H23NO3S/c1-4-20-16(19)10-17(13(2)3)15(18)12-21-11-14-8-6-5-7-9-14/h5-9,13H,4,10-12H2,1-3H3. The summed E-state index contributed by atoms with van der Waals surface area (Å²) in [4.78, 5) is 25.3. The zero-order chi connectivity index (χ0) is 15.7. The molecule has 0 atom stereocenters. The topological polar surface area (TPSA) is 46.6 Å². The highest BCUT2D eigenvalue weighted by molar-refractivity contribution is 7.99. The molecule has 116 valence electrons. The molecule has 0 aromatic heterocycles. The number of ether oxygens (including phenoxy) is 1. The minimum atomic E-state index is -0.354. The third-order valence-electron chi connectivity index (χ3n) is 2.89. The number of carbonyl (C=O) groups is 2. The van der Waals surface area contributed by atoms with Gasteiger partial charge in [0.15, 0.2) is 0 Å². The van der Waals surface area contributed by atoms with Gasteiger partial charge in [-0.3, -0.25) is 9.59 Å². The summed E-state index contributed by atoms with van der Waals surface area (Å²) in [5.74, 6) is 0.774. The Kier molecular flexibility index (Phi) is 7.90. The number of rotatable bonds is 8. The van der Waals surface area contributed by atoms with Crippen LogP contribution in [0, 0.1) is 0 Å². The van der Waals surface area contributed by atoms with E-state index in [1.807, 2.05) is 44.2 Å². The van der Waals surface area contributed by atoms with E-state index in [9.17, 15) is 9.59 Å². The fourth-order valence-corrected chi connectivity index (χ4v) is 2.69. The van der Waals surface area contributed by atoms with Crippen LogP contribution in [0.15, 0.2) is 30.3 Å². The molecule has 0 aliphatic rings. The quantitative estimate of drug-likeness (QED) is 0.693. The van der Waals surface area contributed by atoms with Gasteiger partial charge in [-0.25, -0.2) is 0 Å². The first-order chi connectivity index (χ1) is 10.0. The molecule has 0 bridgehead atoms. The Hall–Kier alpha value is -1.49. The van der Waals surface area contributed by atoms with Crippen molar-refractivity contribution in [1.29, 1.82) is 0 Å². The molecule has 4 nitrogen and oxygen atoms in total. The van der Waals surface area contributed by atoms with Crippen LogP contribution < -0.4 is 0 Å². The molecule has 0 fully saturated rings. The SMILES string of the molecule is CCOC(=O)CN(C(=O)CSCc1ccccc1)C(C)C. The summed E-state index contributed by atoms with van der Waals surface area (Å²) in [7, 11) is 0. The van der Waals surface area contributed by atoms with Crippen LogP contribution in [0.1, 0.15) is 26.3 Å². The summed E-state index contributed by atoms with van der Waals surface area (Å²) in [6.07, 6.45) is 0. The monoisotopic (exact) mass is 309 g/mol. The molecule has 1 aromatic carbocycles. The van der Waals surface area contributed by atoms with Gasteiger partial charge in [-0.15, -0.1) is 11.8 Å². The molecule has 1 amide bonds. The van der Waals surface area contributed by atoms with E-state index in [0.29, 0.717) is 12.4 Å². The number of benzene rings is 1. The lowest BCUT2D eigenvalue weighted by atomic mass is 10.2. The molecule has 5 heteroatoms. The van der Waals surface area contributed by atoms with Crippen molar-refractivity contribution in [2.75, 3.05) is 18.9 Å². The summed E-state index contributed by atoms with van der Waals surface area (Å²) >= 11 is 1.56. The number of thioether (sulfide) groups is 1. The van der Waals surface area contributed by atoms with Crippen molar-refractivity contribution in [3.05, 3.63) is 35.9 Å². The van der Waals surface area contributed by atoms with Crippen LogP contribution in [0.4, 0.5) is 0 Å². The largest absolute Gasteiger partial charge is 0.465 e. The van der Waals surface area contributed by atoms with Crippen molar-refractivity contribution in [2.45, 2.75) is 32.6 Å². The van der Waals surface area contributed by atoms with E-state index in [4.69, 9.17) is 4.74 Å². The average molecular weight is 309 g/mol. The van der Waals surface area contributed by atoms with E-state index in [1.54, 1.807) is 23.6 Å². The van der Waals surface area contributed by atoms with Crippen LogP contribution in [0.5, 0.6) is 0 Å². The summed E-state index contributed by atoms with van der Waals surface area (Å²) in [5, 5.41) is 0. The highest BCUT2D eigenvalue weighted by Gasteiger charge is 2.20. The van der Waals surface area contributed by atoms with Crippen LogP contribution in [0.3, 0.4) is 0 Å². The van der Waals surface area contributed by atoms with Gasteiger partial charge in [0.25, 0.3) is 0 Å². The molecule has 0 radical (unpaired) electrons. The van der Waals surface area contributed by atoms with Crippen LogP contribution >= 0.6 is 11.8 Å². The summed E-state index contributed by atoms with van der Waals surface area (Å²) < 4.78 is 4.91. The molecular formula is C16H23NO3S. The predicted molar refractivity (Wildman–Crippen MR) is 86.1 cm³/mol. The average Bonchev–Trinajstić information content (AvgIpc) is 2.45. The molecular weight excluding hydrogens is 286 g/mol. The normalized spacial score (nSPS) is 10.5. The van der Waals surface area contributed by atoms with Gasteiger partial charge in [0.05, 0.1) is 12.4 Å². The third-order valence-corrected chi connectivity index (χ3v) is 3.87. The van der Waals surface area contributed by atoms with Crippen molar-refractivity contribution in [3.63, 3.8) is 0 Å². The van der Waals surface area contributed by atoms with Crippen LogP contribution in [0.2, 0.25) is 0 Å². The Morgan fingerprint density at radius 1 is 1.24 bits per heavy atom. The van der Waals surface area contributed by atoms with Gasteiger partial charge in [-0.05, 0) is 26.3 Å². The molecule has 0 saturated carbocycles. The molecule has 0 N–H and O–H groups in total. The molecule has 0 saturated heterocycles. The first kappa shape index (κ1) is 17.6. The maximum absolute atomic E-state index is 12.2. The van der Waals surface area contributed by atoms with Gasteiger partial charge >= 0.3 is 5.97 Å². The lowest BCUT2D eigenvalue weighted by Gasteiger charge is -2.25. The molecule has 21 heavy (non-hydrogen) atoms. The smallest absolute Gasteiger partial charge is 0.325 e. The van der Waals surface area contributed by atoms with E-state index in [0.717, 1.165) is 5.75 Å². The molecule has 0 aliphatic heterocycles. The lowest BCUT2D eigenvalue weighted by molar-refractivity contribution is -0.149. The second kappa shape index (κ2) is 9.45. The van der Waals surface area contributed by atoms with Gasteiger partial charge in [0.2, 0.25) is 5.91 Å². The van der Waals surface area contributed by atoms with E-state index in [-0.39, 0.29) is 24.5 Å². The number of carbonyl (C=O) groups excluding carboxylic acids is 2. The van der Waals surface area contributed by atoms with Gasteiger partial charge in [0.1, 0.15) is 6.54 Å². The molecule has 0 aliphatic carbocycles. The highest BCUT2D eigenvalue weighted by atomic mass is 32.2. The summed E-state index contributed by atoms with van der Waals surface area (Å²) in [6.45, 7) is 5.92. The Morgan fingerprint density at radius 2 is 1.90 bits per heavy atom. The second-order valence-corrected chi connectivity index (χ2v) is 5.88. The predicted octanol–water partition coefficient (Wildman–Crippen LogP) is 2.72. The number of nitrogens with zero attached hydrogens (tertiary/aromatic N) is 1. The molecule has 1 aromatic rings. The number of hydrogen-bond acceptors (Lipinski definition) is 4. The molecule has 0 heterocycles. The van der Waals surface area contributed by atoms with Crippen molar-refractivity contribution in [3.8, 4) is 0 Å². The maximum Gasteiger partial charge on any atom is 0.325 e. The van der Waals surface area contributed by atoms with Crippen LogP contribution in [0.25, 0.3) is 0 Å². The summed E-state index contributed by atoms with van der Waals surface area (Å²) in [5.41, 5.74) is 1.19. The van der Waals surface area contributed by atoms with Gasteiger partial charge in [-0.2, -0.15) is 0 Å². The van der Waals surface area contributed by atoms with Gasteiger partial charge < -0.3 is 9.64 Å². The number of esters is 1. The van der Waals surface area contributed by atoms with E-state index in [1.165, 1.54) is 5.56 Å². The highest BCUT2D eigenvalue weighted by Crippen LogP contribution is 2.13. The number of amides is 1. The second-order valence-electron chi connectivity index (χ2n) is 4.90. The third kappa shape index (κ3) is 6.67. The first-order valence-electron chi connectivity index (χ1n) is 7.11. The van der Waals surface area contributed by atoms with Crippen molar-refractivity contribution in [1.82, 2.24) is 4.90 Å². The maximum atomic E-state index is 12.2. The van der Waals surface area contributed by atoms with E-state index < -0.39 is 0 Å². The van der Waals surface area contributed by atoms with Crippen molar-refractivity contribution < 1.29 is 14.3 Å². The minimum Gasteiger partial charge on any atom is -0.465 e. The van der Waals surface area contributed by atoms with Crippen molar-refractivity contribution in [2.24, 2.45) is 0 Å². The first-order valence-corrected chi connectivity index (χ1v) is 8.26. The fraction of sp³-hybridized carbons (Fsp3) is 0.500. The molecule has 0 spiro atoms. The Labute approximate surface area is 130 Å². The zero-order valence-corrected chi connectivity index (χ0v) is 13.7. The Morgan fingerprint density at radius 3 is 2.48 bits per heavy atom. The number of hydrogen-bond donors (Lipinski definition) is 0.